The average Bonchev–Trinajstić information content (AvgIpc) is 2.95. The molecule has 0 aliphatic heterocycles. The summed E-state index contributed by atoms with van der Waals surface area (Å²) in [5.41, 5.74) is 3.73. The highest BCUT2D eigenvalue weighted by Crippen LogP contribution is 2.39. The van der Waals surface area contributed by atoms with Crippen molar-refractivity contribution in [2.45, 2.75) is 97.3 Å². The number of aromatic carboxylic acids is 1. The Bertz CT molecular complexity index is 1220. The molecule has 214 valence electrons. The van der Waals surface area contributed by atoms with Gasteiger partial charge in [-0.3, -0.25) is 0 Å². The van der Waals surface area contributed by atoms with Gasteiger partial charge in [-0.05, 0) is 66.6 Å². The highest BCUT2D eigenvalue weighted by molar-refractivity contribution is 6.36. The van der Waals surface area contributed by atoms with Crippen LogP contribution in [0.2, 0.25) is 5.02 Å². The molecule has 0 aromatic heterocycles. The molecule has 0 radical (unpaired) electrons. The third-order valence-corrected chi connectivity index (χ3v) is 7.74. The van der Waals surface area contributed by atoms with Crippen molar-refractivity contribution in [3.8, 4) is 16.9 Å². The number of carboxylic acids is 1. The minimum Gasteiger partial charge on any atom is -0.545 e. The number of carbonyl (C=O) groups is 2. The molecule has 40 heavy (non-hydrogen) atoms. The maximum Gasteiger partial charge on any atom is 0.343 e. The van der Waals surface area contributed by atoms with Crippen molar-refractivity contribution in [1.29, 1.82) is 0 Å². The van der Waals surface area contributed by atoms with Gasteiger partial charge >= 0.3 is 5.97 Å². The number of ether oxygens (including phenoxy) is 1. The predicted octanol–water partition coefficient (Wildman–Crippen LogP) is 9.01. The van der Waals surface area contributed by atoms with Gasteiger partial charge in [-0.15, -0.1) is 0 Å². The second-order valence-corrected chi connectivity index (χ2v) is 10.9. The van der Waals surface area contributed by atoms with Gasteiger partial charge in [-0.1, -0.05) is 120 Å². The van der Waals surface area contributed by atoms with Crippen molar-refractivity contribution in [2.75, 3.05) is 0 Å². The Hall–Kier alpha value is -3.11. The van der Waals surface area contributed by atoms with Gasteiger partial charge in [-0.2, -0.15) is 0 Å². The van der Waals surface area contributed by atoms with Crippen LogP contribution in [0.4, 0.5) is 0 Å². The molecule has 0 heterocycles. The van der Waals surface area contributed by atoms with Crippen molar-refractivity contribution in [3.63, 3.8) is 0 Å². The van der Waals surface area contributed by atoms with Crippen LogP contribution in [-0.4, -0.2) is 11.9 Å². The Morgan fingerprint density at radius 2 is 1.18 bits per heavy atom. The van der Waals surface area contributed by atoms with Gasteiger partial charge in [-0.25, -0.2) is 4.79 Å². The zero-order valence-corrected chi connectivity index (χ0v) is 24.7. The highest BCUT2D eigenvalue weighted by Gasteiger charge is 2.19. The summed E-state index contributed by atoms with van der Waals surface area (Å²) < 4.78 is 5.77. The first-order valence-corrected chi connectivity index (χ1v) is 15.3. The molecular weight excluding hydrogens is 520 g/mol. The predicted molar refractivity (Wildman–Crippen MR) is 162 cm³/mol. The number of halogens is 1. The van der Waals surface area contributed by atoms with E-state index in [0.29, 0.717) is 16.7 Å². The number of unbranched alkanes of at least 4 members (excludes halogenated alkanes) is 9. The fourth-order valence-corrected chi connectivity index (χ4v) is 5.26. The van der Waals surface area contributed by atoms with E-state index in [1.807, 2.05) is 36.4 Å². The molecular formula is C35H42ClO4-. The monoisotopic (exact) mass is 561 g/mol. The number of carbonyl (C=O) groups excluding carboxylic acids is 2. The Labute approximate surface area is 244 Å². The number of carboxylic acid groups (broad SMARTS) is 1. The number of aryl methyl sites for hydroxylation is 2. The topological polar surface area (TPSA) is 66.4 Å². The molecule has 3 aromatic rings. The van der Waals surface area contributed by atoms with Crippen LogP contribution >= 0.6 is 11.6 Å². The quantitative estimate of drug-likeness (QED) is 0.0936. The lowest BCUT2D eigenvalue weighted by molar-refractivity contribution is -0.255. The highest BCUT2D eigenvalue weighted by atomic mass is 35.5. The minimum atomic E-state index is -1.38. The van der Waals surface area contributed by atoms with Crippen LogP contribution < -0.4 is 9.84 Å². The number of esters is 1. The SMILES string of the molecule is CCCCCCCCc1ccc(-c2c(OC(=O)c3ccc(CCCCCCC)cc3)ccc(C(=O)[O-])c2Cl)cc1. The maximum absolute atomic E-state index is 13.0. The van der Waals surface area contributed by atoms with Crippen LogP contribution in [0.3, 0.4) is 0 Å². The second kappa shape index (κ2) is 16.9. The molecule has 0 aliphatic carbocycles. The summed E-state index contributed by atoms with van der Waals surface area (Å²) >= 11 is 6.55. The van der Waals surface area contributed by atoms with Crippen LogP contribution in [0, 0.1) is 0 Å². The van der Waals surface area contributed by atoms with E-state index in [2.05, 4.69) is 13.8 Å². The molecule has 0 aliphatic rings. The third-order valence-electron chi connectivity index (χ3n) is 7.35. The molecule has 3 aromatic carbocycles. The molecule has 0 amide bonds. The van der Waals surface area contributed by atoms with E-state index >= 15 is 0 Å². The molecule has 5 heteroatoms. The summed E-state index contributed by atoms with van der Waals surface area (Å²) in [6.07, 6.45) is 15.5. The van der Waals surface area contributed by atoms with Crippen molar-refractivity contribution >= 4 is 23.5 Å². The molecule has 0 spiro atoms. The summed E-state index contributed by atoms with van der Waals surface area (Å²) in [7, 11) is 0. The number of rotatable bonds is 17. The largest absolute Gasteiger partial charge is 0.545 e. The van der Waals surface area contributed by atoms with Gasteiger partial charge in [0.2, 0.25) is 0 Å². The summed E-state index contributed by atoms with van der Waals surface area (Å²) in [6, 6.07) is 18.1. The fraction of sp³-hybridized carbons (Fsp3) is 0.429. The summed E-state index contributed by atoms with van der Waals surface area (Å²) in [6.45, 7) is 4.43. The first-order valence-electron chi connectivity index (χ1n) is 14.9. The maximum atomic E-state index is 13.0. The first-order chi connectivity index (χ1) is 19.4. The lowest BCUT2D eigenvalue weighted by Gasteiger charge is -2.16. The van der Waals surface area contributed by atoms with Crippen LogP contribution in [0.1, 0.15) is 116 Å². The van der Waals surface area contributed by atoms with E-state index in [-0.39, 0.29) is 16.3 Å². The number of hydrogen-bond donors (Lipinski definition) is 0. The molecule has 0 bridgehead atoms. The van der Waals surface area contributed by atoms with Crippen molar-refractivity contribution < 1.29 is 19.4 Å². The molecule has 0 saturated carbocycles. The van der Waals surface area contributed by atoms with Crippen LogP contribution in [0.25, 0.3) is 11.1 Å². The lowest BCUT2D eigenvalue weighted by atomic mass is 9.98. The first kappa shape index (κ1) is 31.4. The van der Waals surface area contributed by atoms with Crippen molar-refractivity contribution in [3.05, 3.63) is 87.9 Å². The number of benzene rings is 3. The summed E-state index contributed by atoms with van der Waals surface area (Å²) in [5, 5.41) is 11.7. The van der Waals surface area contributed by atoms with Gasteiger partial charge in [0.1, 0.15) is 5.75 Å². The van der Waals surface area contributed by atoms with E-state index in [0.717, 1.165) is 25.7 Å². The number of hydrogen-bond acceptors (Lipinski definition) is 4. The van der Waals surface area contributed by atoms with Gasteiger partial charge in [0.25, 0.3) is 0 Å². The zero-order valence-electron chi connectivity index (χ0n) is 24.0. The van der Waals surface area contributed by atoms with Crippen LogP contribution in [0.5, 0.6) is 5.75 Å². The molecule has 0 atom stereocenters. The van der Waals surface area contributed by atoms with Crippen molar-refractivity contribution in [2.24, 2.45) is 0 Å². The van der Waals surface area contributed by atoms with Crippen molar-refractivity contribution in [1.82, 2.24) is 0 Å². The fourth-order valence-electron chi connectivity index (χ4n) is 4.92. The summed E-state index contributed by atoms with van der Waals surface area (Å²) in [5.74, 6) is -1.69. The standard InChI is InChI=1S/C35H43ClO4/c1-3-5-7-9-11-13-15-26-16-20-28(21-17-26)32-31(25-24-30(33(32)36)34(37)38)40-35(39)29-22-18-27(19-23-29)14-12-10-8-6-4-2/h16-25H,3-15H2,1-2H3,(H,37,38)/p-1. The lowest BCUT2D eigenvalue weighted by Crippen LogP contribution is -2.23. The third kappa shape index (κ3) is 9.52. The van der Waals surface area contributed by atoms with E-state index < -0.39 is 11.9 Å². The Balaban J connectivity index is 1.72. The average molecular weight is 562 g/mol. The molecule has 0 N–H and O–H groups in total. The van der Waals surface area contributed by atoms with E-state index in [9.17, 15) is 14.7 Å². The molecule has 3 rings (SSSR count). The van der Waals surface area contributed by atoms with E-state index in [1.165, 1.54) is 81.0 Å². The van der Waals surface area contributed by atoms with Gasteiger partial charge in [0.05, 0.1) is 16.6 Å². The van der Waals surface area contributed by atoms with Gasteiger partial charge < -0.3 is 14.6 Å². The van der Waals surface area contributed by atoms with E-state index in [4.69, 9.17) is 16.3 Å². The Morgan fingerprint density at radius 3 is 1.70 bits per heavy atom. The molecule has 0 unspecified atom stereocenters. The van der Waals surface area contributed by atoms with Crippen LogP contribution in [-0.2, 0) is 12.8 Å². The smallest absolute Gasteiger partial charge is 0.343 e. The molecule has 0 saturated heterocycles. The van der Waals surface area contributed by atoms with Crippen LogP contribution in [0.15, 0.2) is 60.7 Å². The van der Waals surface area contributed by atoms with E-state index in [1.54, 1.807) is 12.1 Å². The second-order valence-electron chi connectivity index (χ2n) is 10.6. The molecule has 0 fully saturated rings. The zero-order chi connectivity index (χ0) is 28.7. The summed E-state index contributed by atoms with van der Waals surface area (Å²) in [4.78, 5) is 24.7. The Kier molecular flexibility index (Phi) is 13.3. The normalized spacial score (nSPS) is 11.0. The van der Waals surface area contributed by atoms with Gasteiger partial charge in [0, 0.05) is 11.1 Å². The Morgan fingerprint density at radius 1 is 0.675 bits per heavy atom. The molecule has 4 nitrogen and oxygen atoms in total. The minimum absolute atomic E-state index is 0.00704. The van der Waals surface area contributed by atoms with Gasteiger partial charge in [0.15, 0.2) is 0 Å².